The van der Waals surface area contributed by atoms with Crippen LogP contribution < -0.4 is 5.32 Å². The molecule has 0 atom stereocenters. The van der Waals surface area contributed by atoms with E-state index in [1.54, 1.807) is 0 Å². The van der Waals surface area contributed by atoms with Crippen molar-refractivity contribution < 1.29 is 9.21 Å². The molecule has 0 aliphatic carbocycles. The van der Waals surface area contributed by atoms with Gasteiger partial charge in [0.05, 0.1) is 6.54 Å². The molecule has 7 heteroatoms. The highest BCUT2D eigenvalue weighted by atomic mass is 16.4. The summed E-state index contributed by atoms with van der Waals surface area (Å²) in [6.45, 7) is 8.27. The number of amides is 2. The van der Waals surface area contributed by atoms with Gasteiger partial charge in [0.1, 0.15) is 0 Å². The lowest BCUT2D eigenvalue weighted by Gasteiger charge is -2.33. The molecule has 1 aromatic carbocycles. The first-order valence-electron chi connectivity index (χ1n) is 8.73. The molecule has 7 nitrogen and oxygen atoms in total. The molecule has 2 aromatic rings. The van der Waals surface area contributed by atoms with E-state index in [4.69, 9.17) is 4.42 Å². The summed E-state index contributed by atoms with van der Waals surface area (Å²) in [4.78, 5) is 16.4. The van der Waals surface area contributed by atoms with Crippen LogP contribution in [0.5, 0.6) is 0 Å². The lowest BCUT2D eigenvalue weighted by atomic mass is 10.2. The van der Waals surface area contributed by atoms with E-state index in [2.05, 4.69) is 20.4 Å². The highest BCUT2D eigenvalue weighted by Crippen LogP contribution is 2.14. The Morgan fingerprint density at radius 1 is 1.16 bits per heavy atom. The van der Waals surface area contributed by atoms with Gasteiger partial charge in [0.25, 0.3) is 0 Å². The zero-order valence-corrected chi connectivity index (χ0v) is 14.8. The standard InChI is InChI=1S/C18H25N5O2/c1-14(2)17-21-20-16(25-17)13-22-8-10-23(11-9-22)18(24)19-12-15-6-4-3-5-7-15/h3-7,14H,8-13H2,1-2H3,(H,19,24). The fraction of sp³-hybridized carbons (Fsp3) is 0.500. The number of nitrogens with zero attached hydrogens (tertiary/aromatic N) is 4. The van der Waals surface area contributed by atoms with E-state index in [1.165, 1.54) is 0 Å². The van der Waals surface area contributed by atoms with Crippen LogP contribution >= 0.6 is 0 Å². The molecule has 2 amide bonds. The predicted molar refractivity (Wildman–Crippen MR) is 93.9 cm³/mol. The smallest absolute Gasteiger partial charge is 0.317 e. The van der Waals surface area contributed by atoms with Crippen LogP contribution in [0.3, 0.4) is 0 Å². The Labute approximate surface area is 148 Å². The molecule has 25 heavy (non-hydrogen) atoms. The summed E-state index contributed by atoms with van der Waals surface area (Å²) in [6, 6.07) is 9.92. The van der Waals surface area contributed by atoms with Gasteiger partial charge >= 0.3 is 6.03 Å². The molecule has 1 aliphatic heterocycles. The monoisotopic (exact) mass is 343 g/mol. The van der Waals surface area contributed by atoms with Crippen molar-refractivity contribution in [1.82, 2.24) is 25.3 Å². The van der Waals surface area contributed by atoms with Crippen molar-refractivity contribution in [3.8, 4) is 0 Å². The molecule has 0 saturated carbocycles. The molecular formula is C18H25N5O2. The van der Waals surface area contributed by atoms with Gasteiger partial charge in [-0.25, -0.2) is 4.79 Å². The van der Waals surface area contributed by atoms with Crippen molar-refractivity contribution in [2.75, 3.05) is 26.2 Å². The summed E-state index contributed by atoms with van der Waals surface area (Å²) in [5.74, 6) is 1.56. The number of hydrogen-bond donors (Lipinski definition) is 1. The summed E-state index contributed by atoms with van der Waals surface area (Å²) in [5.41, 5.74) is 1.10. The quantitative estimate of drug-likeness (QED) is 0.901. The first kappa shape index (κ1) is 17.4. The SMILES string of the molecule is CC(C)c1nnc(CN2CCN(C(=O)NCc3ccccc3)CC2)o1. The normalized spacial score (nSPS) is 15.6. The first-order valence-corrected chi connectivity index (χ1v) is 8.73. The van der Waals surface area contributed by atoms with Gasteiger partial charge in [0.15, 0.2) is 0 Å². The van der Waals surface area contributed by atoms with Crippen LogP contribution in [0.4, 0.5) is 4.79 Å². The maximum Gasteiger partial charge on any atom is 0.317 e. The average molecular weight is 343 g/mol. The molecule has 1 fully saturated rings. The zero-order valence-electron chi connectivity index (χ0n) is 14.8. The van der Waals surface area contributed by atoms with Gasteiger partial charge in [-0.15, -0.1) is 10.2 Å². The van der Waals surface area contributed by atoms with Gasteiger partial charge in [-0.05, 0) is 5.56 Å². The van der Waals surface area contributed by atoms with E-state index in [0.717, 1.165) is 18.7 Å². The Hall–Kier alpha value is -2.41. The van der Waals surface area contributed by atoms with E-state index in [-0.39, 0.29) is 11.9 Å². The third kappa shape index (κ3) is 4.79. The number of carbonyl (C=O) groups excluding carboxylic acids is 1. The van der Waals surface area contributed by atoms with E-state index in [0.29, 0.717) is 38.0 Å². The van der Waals surface area contributed by atoms with E-state index in [9.17, 15) is 4.79 Å². The third-order valence-corrected chi connectivity index (χ3v) is 4.28. The van der Waals surface area contributed by atoms with Crippen molar-refractivity contribution in [3.05, 3.63) is 47.7 Å². The largest absolute Gasteiger partial charge is 0.424 e. The minimum atomic E-state index is -0.0108. The van der Waals surface area contributed by atoms with Crippen LogP contribution in [0.2, 0.25) is 0 Å². The number of nitrogens with one attached hydrogen (secondary N) is 1. The molecule has 3 rings (SSSR count). The van der Waals surface area contributed by atoms with Crippen LogP contribution in [-0.2, 0) is 13.1 Å². The molecule has 0 spiro atoms. The highest BCUT2D eigenvalue weighted by Gasteiger charge is 2.22. The number of hydrogen-bond acceptors (Lipinski definition) is 5. The molecule has 0 bridgehead atoms. The molecule has 1 N–H and O–H groups in total. The van der Waals surface area contributed by atoms with E-state index < -0.39 is 0 Å². The Morgan fingerprint density at radius 3 is 2.52 bits per heavy atom. The van der Waals surface area contributed by atoms with Crippen LogP contribution in [0.15, 0.2) is 34.7 Å². The summed E-state index contributed by atoms with van der Waals surface area (Å²) in [6.07, 6.45) is 0. The number of benzene rings is 1. The fourth-order valence-corrected chi connectivity index (χ4v) is 2.75. The molecular weight excluding hydrogens is 318 g/mol. The number of rotatable bonds is 5. The zero-order chi connectivity index (χ0) is 17.6. The van der Waals surface area contributed by atoms with Crippen LogP contribution in [-0.4, -0.2) is 52.2 Å². The molecule has 0 radical (unpaired) electrons. The summed E-state index contributed by atoms with van der Waals surface area (Å²) >= 11 is 0. The van der Waals surface area contributed by atoms with Crippen molar-refractivity contribution >= 4 is 6.03 Å². The third-order valence-electron chi connectivity index (χ3n) is 4.28. The number of carbonyl (C=O) groups is 1. The van der Waals surface area contributed by atoms with Gasteiger partial charge in [-0.3, -0.25) is 4.90 Å². The molecule has 1 aliphatic rings. The topological polar surface area (TPSA) is 74.5 Å². The van der Waals surface area contributed by atoms with E-state index >= 15 is 0 Å². The Morgan fingerprint density at radius 2 is 1.88 bits per heavy atom. The van der Waals surface area contributed by atoms with Crippen molar-refractivity contribution in [1.29, 1.82) is 0 Å². The second kappa shape index (κ2) is 8.11. The summed E-state index contributed by atoms with van der Waals surface area (Å²) in [5, 5.41) is 11.1. The molecule has 1 saturated heterocycles. The van der Waals surface area contributed by atoms with Crippen LogP contribution in [0.25, 0.3) is 0 Å². The van der Waals surface area contributed by atoms with Crippen molar-refractivity contribution in [2.45, 2.75) is 32.9 Å². The lowest BCUT2D eigenvalue weighted by Crippen LogP contribution is -2.51. The number of urea groups is 1. The van der Waals surface area contributed by atoms with Crippen LogP contribution in [0.1, 0.15) is 37.1 Å². The minimum Gasteiger partial charge on any atom is -0.424 e. The van der Waals surface area contributed by atoms with Gasteiger partial charge in [0, 0.05) is 38.6 Å². The minimum absolute atomic E-state index is 0.0108. The highest BCUT2D eigenvalue weighted by molar-refractivity contribution is 5.74. The first-order chi connectivity index (χ1) is 12.1. The Bertz CT molecular complexity index is 678. The van der Waals surface area contributed by atoms with Gasteiger partial charge in [-0.2, -0.15) is 0 Å². The van der Waals surface area contributed by atoms with Crippen molar-refractivity contribution in [3.63, 3.8) is 0 Å². The summed E-state index contributed by atoms with van der Waals surface area (Å²) < 4.78 is 5.65. The Balaban J connectivity index is 1.42. The second-order valence-electron chi connectivity index (χ2n) is 6.60. The van der Waals surface area contributed by atoms with E-state index in [1.807, 2.05) is 49.1 Å². The maximum atomic E-state index is 12.3. The molecule has 134 valence electrons. The number of aromatic nitrogens is 2. The molecule has 2 heterocycles. The second-order valence-corrected chi connectivity index (χ2v) is 6.60. The van der Waals surface area contributed by atoms with Gasteiger partial charge in [-0.1, -0.05) is 44.2 Å². The number of piperazine rings is 1. The predicted octanol–water partition coefficient (Wildman–Crippen LogP) is 2.22. The average Bonchev–Trinajstić information content (AvgIpc) is 3.10. The maximum absolute atomic E-state index is 12.3. The lowest BCUT2D eigenvalue weighted by molar-refractivity contribution is 0.128. The fourth-order valence-electron chi connectivity index (χ4n) is 2.75. The van der Waals surface area contributed by atoms with Crippen LogP contribution in [0, 0.1) is 0 Å². The van der Waals surface area contributed by atoms with Gasteiger partial charge < -0.3 is 14.6 Å². The molecule has 1 aromatic heterocycles. The molecule has 0 unspecified atom stereocenters. The van der Waals surface area contributed by atoms with Crippen molar-refractivity contribution in [2.24, 2.45) is 0 Å². The van der Waals surface area contributed by atoms with Gasteiger partial charge in [0.2, 0.25) is 11.8 Å². The summed E-state index contributed by atoms with van der Waals surface area (Å²) in [7, 11) is 0. The Kier molecular flexibility index (Phi) is 5.65.